The minimum absolute atomic E-state index is 0.0991. The van der Waals surface area contributed by atoms with Gasteiger partial charge in [-0.25, -0.2) is 0 Å². The van der Waals surface area contributed by atoms with Crippen LogP contribution in [-0.4, -0.2) is 86.4 Å². The Kier molecular flexibility index (Phi) is 7.31. The largest absolute Gasteiger partial charge is 0.493 e. The first kappa shape index (κ1) is 20.8. The summed E-state index contributed by atoms with van der Waals surface area (Å²) < 4.78 is 40.1. The fraction of sp³-hybridized carbons (Fsp3) is 0.529. The van der Waals surface area contributed by atoms with Crippen molar-refractivity contribution in [2.45, 2.75) is 12.7 Å². The highest BCUT2D eigenvalue weighted by atomic mass is 19.3. The minimum Gasteiger partial charge on any atom is -0.493 e. The molecule has 1 aliphatic heterocycles. The predicted molar refractivity (Wildman–Crippen MR) is 90.4 cm³/mol. The van der Waals surface area contributed by atoms with Crippen molar-refractivity contribution >= 4 is 11.9 Å². The Labute approximate surface area is 155 Å². The van der Waals surface area contributed by atoms with Crippen LogP contribution in [0.4, 0.5) is 8.78 Å². The van der Waals surface area contributed by atoms with E-state index in [0.29, 0.717) is 19.7 Å². The molecule has 1 aromatic rings. The van der Waals surface area contributed by atoms with Gasteiger partial charge in [0.05, 0.1) is 26.4 Å². The Morgan fingerprint density at radius 2 is 2.15 bits per heavy atom. The van der Waals surface area contributed by atoms with Crippen molar-refractivity contribution < 1.29 is 37.7 Å². The summed E-state index contributed by atoms with van der Waals surface area (Å²) >= 11 is 0. The van der Waals surface area contributed by atoms with Gasteiger partial charge in [-0.1, -0.05) is 0 Å². The molecular weight excluding hydrogens is 366 g/mol. The molecule has 2 rings (SSSR count). The summed E-state index contributed by atoms with van der Waals surface area (Å²) in [6, 6.07) is 4.08. The van der Waals surface area contributed by atoms with Crippen molar-refractivity contribution in [1.29, 1.82) is 0 Å². The number of rotatable bonds is 8. The standard InChI is InChI=1S/C17H22F2N2O6/c1-20(10-15(22)23)8-12-9-21(5-6-26-12)16(24)11-3-4-13(25-2)14(7-11)27-17(18)19/h3-4,7,12,17H,5-6,8-10H2,1-2H3,(H,22,23). The number of nitrogens with zero attached hydrogens (tertiary/aromatic N) is 2. The lowest BCUT2D eigenvalue weighted by Crippen LogP contribution is -2.49. The van der Waals surface area contributed by atoms with Crippen molar-refractivity contribution in [1.82, 2.24) is 9.80 Å². The lowest BCUT2D eigenvalue weighted by molar-refractivity contribution is -0.138. The van der Waals surface area contributed by atoms with Crippen molar-refractivity contribution in [3.8, 4) is 11.5 Å². The molecule has 27 heavy (non-hydrogen) atoms. The molecule has 1 saturated heterocycles. The summed E-state index contributed by atoms with van der Waals surface area (Å²) in [5.74, 6) is -1.43. The summed E-state index contributed by atoms with van der Waals surface area (Å²) in [6.07, 6.45) is -0.345. The molecule has 1 fully saturated rings. The zero-order chi connectivity index (χ0) is 20.0. The Morgan fingerprint density at radius 1 is 1.41 bits per heavy atom. The topological polar surface area (TPSA) is 88.5 Å². The van der Waals surface area contributed by atoms with Crippen molar-refractivity contribution in [2.24, 2.45) is 0 Å². The number of hydrogen-bond acceptors (Lipinski definition) is 6. The summed E-state index contributed by atoms with van der Waals surface area (Å²) in [6.45, 7) is -1.93. The van der Waals surface area contributed by atoms with Crippen molar-refractivity contribution in [3.05, 3.63) is 23.8 Å². The van der Waals surface area contributed by atoms with Gasteiger partial charge in [0, 0.05) is 25.2 Å². The predicted octanol–water partition coefficient (Wildman–Crippen LogP) is 1.15. The zero-order valence-corrected chi connectivity index (χ0v) is 15.1. The van der Waals surface area contributed by atoms with E-state index in [4.69, 9.17) is 14.6 Å². The highest BCUT2D eigenvalue weighted by molar-refractivity contribution is 5.95. The number of likely N-dealkylation sites (N-methyl/N-ethyl adjacent to an activating group) is 1. The highest BCUT2D eigenvalue weighted by Gasteiger charge is 2.27. The molecule has 10 heteroatoms. The van der Waals surface area contributed by atoms with Crippen LogP contribution in [0.3, 0.4) is 0 Å². The number of hydrogen-bond donors (Lipinski definition) is 1. The molecule has 1 atom stereocenters. The van der Waals surface area contributed by atoms with Crippen LogP contribution >= 0.6 is 0 Å². The smallest absolute Gasteiger partial charge is 0.387 e. The van der Waals surface area contributed by atoms with Crippen LogP contribution in [0.15, 0.2) is 18.2 Å². The first-order valence-electron chi connectivity index (χ1n) is 8.24. The number of methoxy groups -OCH3 is 1. The van der Waals surface area contributed by atoms with Gasteiger partial charge in [-0.2, -0.15) is 8.78 Å². The average molecular weight is 388 g/mol. The fourth-order valence-corrected chi connectivity index (χ4v) is 2.84. The van der Waals surface area contributed by atoms with Crippen LogP contribution in [0, 0.1) is 0 Å². The second kappa shape index (κ2) is 9.47. The number of amides is 1. The summed E-state index contributed by atoms with van der Waals surface area (Å²) in [5, 5.41) is 8.81. The third kappa shape index (κ3) is 6.04. The molecule has 8 nitrogen and oxygen atoms in total. The maximum atomic E-state index is 12.7. The van der Waals surface area contributed by atoms with E-state index in [-0.39, 0.29) is 42.2 Å². The number of benzene rings is 1. The van der Waals surface area contributed by atoms with Gasteiger partial charge in [-0.05, 0) is 25.2 Å². The Morgan fingerprint density at radius 3 is 2.78 bits per heavy atom. The summed E-state index contributed by atoms with van der Waals surface area (Å²) in [5.41, 5.74) is 0.186. The molecule has 150 valence electrons. The van der Waals surface area contributed by atoms with Gasteiger partial charge in [0.25, 0.3) is 5.91 Å². The van der Waals surface area contributed by atoms with Gasteiger partial charge < -0.3 is 24.2 Å². The number of carboxylic acids is 1. The molecule has 0 saturated carbocycles. The third-order valence-corrected chi connectivity index (χ3v) is 3.97. The third-order valence-electron chi connectivity index (χ3n) is 3.97. The quantitative estimate of drug-likeness (QED) is 0.715. The van der Waals surface area contributed by atoms with E-state index in [1.807, 2.05) is 0 Å². The average Bonchev–Trinajstić information content (AvgIpc) is 2.60. The lowest BCUT2D eigenvalue weighted by Gasteiger charge is -2.34. The van der Waals surface area contributed by atoms with Gasteiger partial charge in [-0.3, -0.25) is 14.5 Å². The number of carbonyl (C=O) groups is 2. The van der Waals surface area contributed by atoms with Gasteiger partial charge in [0.2, 0.25) is 0 Å². The van der Waals surface area contributed by atoms with Crippen LogP contribution < -0.4 is 9.47 Å². The number of ether oxygens (including phenoxy) is 3. The number of halogens is 2. The first-order valence-corrected chi connectivity index (χ1v) is 8.24. The molecule has 0 spiro atoms. The highest BCUT2D eigenvalue weighted by Crippen LogP contribution is 2.30. The van der Waals surface area contributed by atoms with Crippen LogP contribution in [0.1, 0.15) is 10.4 Å². The molecule has 1 aliphatic rings. The number of carboxylic acid groups (broad SMARTS) is 1. The minimum atomic E-state index is -3.04. The fourth-order valence-electron chi connectivity index (χ4n) is 2.84. The van der Waals surface area contributed by atoms with Gasteiger partial charge in [0.1, 0.15) is 0 Å². The molecule has 0 aromatic heterocycles. The summed E-state index contributed by atoms with van der Waals surface area (Å²) in [7, 11) is 2.96. The van der Waals surface area contributed by atoms with Crippen molar-refractivity contribution in [3.63, 3.8) is 0 Å². The van der Waals surface area contributed by atoms with Gasteiger partial charge >= 0.3 is 12.6 Å². The maximum Gasteiger partial charge on any atom is 0.387 e. The van der Waals surface area contributed by atoms with Gasteiger partial charge in [-0.15, -0.1) is 0 Å². The molecule has 1 N–H and O–H groups in total. The molecule has 1 unspecified atom stereocenters. The second-order valence-corrected chi connectivity index (χ2v) is 6.08. The Hall–Kier alpha value is -2.46. The molecule has 0 aliphatic carbocycles. The van der Waals surface area contributed by atoms with Crippen LogP contribution in [0.5, 0.6) is 11.5 Å². The van der Waals surface area contributed by atoms with E-state index < -0.39 is 12.6 Å². The summed E-state index contributed by atoms with van der Waals surface area (Å²) in [4.78, 5) is 26.6. The van der Waals surface area contributed by atoms with E-state index in [1.165, 1.54) is 30.2 Å². The number of morpholine rings is 1. The van der Waals surface area contributed by atoms with E-state index >= 15 is 0 Å². The number of alkyl halides is 2. The van der Waals surface area contributed by atoms with Crippen molar-refractivity contribution in [2.75, 3.05) is 46.9 Å². The Bertz CT molecular complexity index is 673. The van der Waals surface area contributed by atoms with E-state index in [2.05, 4.69) is 4.74 Å². The maximum absolute atomic E-state index is 12.7. The van der Waals surface area contributed by atoms with E-state index in [1.54, 1.807) is 11.9 Å². The first-order chi connectivity index (χ1) is 12.8. The number of aliphatic carboxylic acids is 1. The second-order valence-electron chi connectivity index (χ2n) is 6.08. The zero-order valence-electron chi connectivity index (χ0n) is 15.1. The SMILES string of the molecule is COc1ccc(C(=O)N2CCOC(CN(C)CC(=O)O)C2)cc1OC(F)F. The van der Waals surface area contributed by atoms with Crippen LogP contribution in [0.25, 0.3) is 0 Å². The van der Waals surface area contributed by atoms with E-state index in [0.717, 1.165) is 0 Å². The monoisotopic (exact) mass is 388 g/mol. The van der Waals surface area contributed by atoms with E-state index in [9.17, 15) is 18.4 Å². The van der Waals surface area contributed by atoms with Crippen LogP contribution in [0.2, 0.25) is 0 Å². The molecule has 1 amide bonds. The lowest BCUT2D eigenvalue weighted by atomic mass is 10.1. The normalized spacial score (nSPS) is 17.3. The molecule has 1 aromatic carbocycles. The molecular formula is C17H22F2N2O6. The molecule has 0 bridgehead atoms. The Balaban J connectivity index is 2.06. The van der Waals surface area contributed by atoms with Gasteiger partial charge in [0.15, 0.2) is 11.5 Å². The molecule has 0 radical (unpaired) electrons. The number of carbonyl (C=O) groups excluding carboxylic acids is 1. The molecule has 1 heterocycles. The van der Waals surface area contributed by atoms with Crippen LogP contribution in [-0.2, 0) is 9.53 Å².